The maximum Gasteiger partial charge on any atom is 0.258 e. The van der Waals surface area contributed by atoms with Crippen LogP contribution in [0.25, 0.3) is 0 Å². The van der Waals surface area contributed by atoms with Crippen LogP contribution >= 0.6 is 12.4 Å². The average molecular weight is 381 g/mol. The lowest BCUT2D eigenvalue weighted by atomic mass is 9.98. The Kier molecular flexibility index (Phi) is 6.55. The zero-order valence-corrected chi connectivity index (χ0v) is 16.0. The van der Waals surface area contributed by atoms with Gasteiger partial charge in [0.25, 0.3) is 5.91 Å². The minimum Gasteiger partial charge on any atom is -0.326 e. The number of halogens is 1. The number of nitrogens with one attached hydrogen (secondary N) is 3. The van der Waals surface area contributed by atoms with Gasteiger partial charge in [-0.05, 0) is 37.9 Å². The summed E-state index contributed by atoms with van der Waals surface area (Å²) in [7, 11) is 1.75. The van der Waals surface area contributed by atoms with Crippen molar-refractivity contribution in [2.75, 3.05) is 18.4 Å². The van der Waals surface area contributed by atoms with Gasteiger partial charge in [-0.1, -0.05) is 13.8 Å². The standard InChI is InChI=1S/C17H24N6O2.ClH/c1-10(2)13-8-12(9-14(24)19-13)16(25)21-17-20-15(22-23(17)3)11-4-6-18-7-5-11;/h8-11,18H,4-7H2,1-3H3,(H,19,24)(H,20,21,22,25);1H. The molecule has 1 saturated heterocycles. The molecule has 0 bridgehead atoms. The molecular weight excluding hydrogens is 356 g/mol. The molecule has 26 heavy (non-hydrogen) atoms. The molecule has 1 aliphatic heterocycles. The summed E-state index contributed by atoms with van der Waals surface area (Å²) in [6.45, 7) is 5.83. The second-order valence-electron chi connectivity index (χ2n) is 6.74. The van der Waals surface area contributed by atoms with E-state index in [1.807, 2.05) is 13.8 Å². The number of carbonyl (C=O) groups excluding carboxylic acids is 1. The number of aryl methyl sites for hydroxylation is 1. The normalized spacial score (nSPS) is 14.9. The molecular formula is C17H25ClN6O2. The summed E-state index contributed by atoms with van der Waals surface area (Å²) < 4.78 is 1.58. The fourth-order valence-electron chi connectivity index (χ4n) is 2.95. The lowest BCUT2D eigenvalue weighted by molar-refractivity contribution is 0.102. The van der Waals surface area contributed by atoms with Crippen LogP contribution < -0.4 is 16.2 Å². The van der Waals surface area contributed by atoms with Crippen molar-refractivity contribution < 1.29 is 4.79 Å². The summed E-state index contributed by atoms with van der Waals surface area (Å²) in [5.74, 6) is 1.23. The molecule has 0 aliphatic carbocycles. The Morgan fingerprint density at radius 3 is 2.65 bits per heavy atom. The zero-order valence-electron chi connectivity index (χ0n) is 15.2. The number of rotatable bonds is 4. The van der Waals surface area contributed by atoms with Crippen LogP contribution in [0.1, 0.15) is 60.4 Å². The number of carbonyl (C=O) groups is 1. The molecule has 3 heterocycles. The Hall–Kier alpha value is -2.19. The van der Waals surface area contributed by atoms with Gasteiger partial charge in [0.2, 0.25) is 11.5 Å². The lowest BCUT2D eigenvalue weighted by Gasteiger charge is -2.19. The molecule has 142 valence electrons. The average Bonchev–Trinajstić information content (AvgIpc) is 2.96. The number of hydrogen-bond donors (Lipinski definition) is 3. The summed E-state index contributed by atoms with van der Waals surface area (Å²) in [5, 5.41) is 10.5. The van der Waals surface area contributed by atoms with E-state index in [1.165, 1.54) is 6.07 Å². The van der Waals surface area contributed by atoms with Gasteiger partial charge < -0.3 is 10.3 Å². The lowest BCUT2D eigenvalue weighted by Crippen LogP contribution is -2.27. The Balaban J connectivity index is 0.00000243. The predicted octanol–water partition coefficient (Wildman–Crippen LogP) is 1.77. The van der Waals surface area contributed by atoms with Crippen molar-refractivity contribution in [3.63, 3.8) is 0 Å². The van der Waals surface area contributed by atoms with Gasteiger partial charge in [-0.3, -0.25) is 14.9 Å². The minimum atomic E-state index is -0.361. The summed E-state index contributed by atoms with van der Waals surface area (Å²) in [4.78, 5) is 31.5. The highest BCUT2D eigenvalue weighted by atomic mass is 35.5. The number of aromatic nitrogens is 4. The maximum absolute atomic E-state index is 12.5. The van der Waals surface area contributed by atoms with Crippen molar-refractivity contribution in [2.45, 2.75) is 38.5 Å². The topological polar surface area (TPSA) is 105 Å². The number of piperidine rings is 1. The first kappa shape index (κ1) is 20.1. The van der Waals surface area contributed by atoms with E-state index in [0.717, 1.165) is 37.4 Å². The van der Waals surface area contributed by atoms with E-state index in [9.17, 15) is 9.59 Å². The Morgan fingerprint density at radius 1 is 1.31 bits per heavy atom. The van der Waals surface area contributed by atoms with Crippen molar-refractivity contribution in [3.05, 3.63) is 39.6 Å². The Morgan fingerprint density at radius 2 is 2.00 bits per heavy atom. The molecule has 2 aromatic rings. The SMILES string of the molecule is CC(C)c1cc(C(=O)Nc2nc(C3CCNCC3)nn2C)cc(=O)[nH]1.Cl. The smallest absolute Gasteiger partial charge is 0.258 e. The van der Waals surface area contributed by atoms with Gasteiger partial charge in [-0.25, -0.2) is 4.68 Å². The van der Waals surface area contributed by atoms with Gasteiger partial charge >= 0.3 is 0 Å². The van der Waals surface area contributed by atoms with Crippen molar-refractivity contribution in [1.82, 2.24) is 25.1 Å². The van der Waals surface area contributed by atoms with Gasteiger partial charge in [0.15, 0.2) is 5.82 Å². The molecule has 0 spiro atoms. The monoisotopic (exact) mass is 380 g/mol. The molecule has 1 amide bonds. The van der Waals surface area contributed by atoms with E-state index in [1.54, 1.807) is 17.8 Å². The van der Waals surface area contributed by atoms with Crippen LogP contribution in [-0.4, -0.2) is 38.7 Å². The first-order chi connectivity index (χ1) is 11.9. The molecule has 0 aromatic carbocycles. The second kappa shape index (κ2) is 8.46. The fraction of sp³-hybridized carbons (Fsp3) is 0.529. The zero-order chi connectivity index (χ0) is 18.0. The van der Waals surface area contributed by atoms with Crippen LogP contribution in [0.2, 0.25) is 0 Å². The van der Waals surface area contributed by atoms with Crippen LogP contribution in [0.3, 0.4) is 0 Å². The minimum absolute atomic E-state index is 0. The van der Waals surface area contributed by atoms with Crippen LogP contribution in [0.15, 0.2) is 16.9 Å². The molecule has 0 unspecified atom stereocenters. The molecule has 8 nitrogen and oxygen atoms in total. The van der Waals surface area contributed by atoms with E-state index in [4.69, 9.17) is 0 Å². The third-order valence-corrected chi connectivity index (χ3v) is 4.46. The highest BCUT2D eigenvalue weighted by Gasteiger charge is 2.21. The van der Waals surface area contributed by atoms with Gasteiger partial charge in [0, 0.05) is 30.3 Å². The van der Waals surface area contributed by atoms with Crippen LogP contribution in [0.4, 0.5) is 5.95 Å². The molecule has 1 fully saturated rings. The largest absolute Gasteiger partial charge is 0.326 e. The number of H-pyrrole nitrogens is 1. The third-order valence-electron chi connectivity index (χ3n) is 4.46. The third kappa shape index (κ3) is 4.50. The van der Waals surface area contributed by atoms with Crippen molar-refractivity contribution in [3.8, 4) is 0 Å². The Bertz CT molecular complexity index is 823. The Labute approximate surface area is 158 Å². The molecule has 3 rings (SSSR count). The molecule has 0 atom stereocenters. The number of amides is 1. The summed E-state index contributed by atoms with van der Waals surface area (Å²) in [5.41, 5.74) is 0.759. The van der Waals surface area contributed by atoms with Gasteiger partial charge in [-0.15, -0.1) is 12.4 Å². The van der Waals surface area contributed by atoms with Crippen LogP contribution in [-0.2, 0) is 7.05 Å². The van der Waals surface area contributed by atoms with E-state index in [0.29, 0.717) is 17.4 Å². The van der Waals surface area contributed by atoms with Crippen LogP contribution in [0, 0.1) is 0 Å². The van der Waals surface area contributed by atoms with Crippen molar-refractivity contribution in [2.24, 2.45) is 7.05 Å². The number of aromatic amines is 1. The fourth-order valence-corrected chi connectivity index (χ4v) is 2.95. The van der Waals surface area contributed by atoms with Gasteiger partial charge in [0.05, 0.1) is 0 Å². The highest BCUT2D eigenvalue weighted by Crippen LogP contribution is 2.23. The van der Waals surface area contributed by atoms with E-state index in [2.05, 4.69) is 25.7 Å². The summed E-state index contributed by atoms with van der Waals surface area (Å²) >= 11 is 0. The number of nitrogens with zero attached hydrogens (tertiary/aromatic N) is 3. The van der Waals surface area contributed by atoms with Crippen LogP contribution in [0.5, 0.6) is 0 Å². The number of anilines is 1. The van der Waals surface area contributed by atoms with Crippen molar-refractivity contribution >= 4 is 24.3 Å². The van der Waals surface area contributed by atoms with E-state index < -0.39 is 0 Å². The first-order valence-electron chi connectivity index (χ1n) is 8.61. The van der Waals surface area contributed by atoms with E-state index >= 15 is 0 Å². The highest BCUT2D eigenvalue weighted by molar-refractivity contribution is 6.03. The summed E-state index contributed by atoms with van der Waals surface area (Å²) in [6.07, 6.45) is 1.98. The quantitative estimate of drug-likeness (QED) is 0.749. The predicted molar refractivity (Wildman–Crippen MR) is 102 cm³/mol. The summed E-state index contributed by atoms with van der Waals surface area (Å²) in [6, 6.07) is 3.00. The molecule has 0 saturated carbocycles. The van der Waals surface area contributed by atoms with Gasteiger partial charge in [0.1, 0.15) is 0 Å². The molecule has 2 aromatic heterocycles. The molecule has 1 aliphatic rings. The molecule has 0 radical (unpaired) electrons. The second-order valence-corrected chi connectivity index (χ2v) is 6.74. The van der Waals surface area contributed by atoms with Crippen molar-refractivity contribution in [1.29, 1.82) is 0 Å². The van der Waals surface area contributed by atoms with E-state index in [-0.39, 0.29) is 29.8 Å². The first-order valence-corrected chi connectivity index (χ1v) is 8.61. The number of pyridine rings is 1. The molecule has 3 N–H and O–H groups in total. The number of hydrogen-bond acceptors (Lipinski definition) is 5. The maximum atomic E-state index is 12.5. The molecule has 9 heteroatoms. The van der Waals surface area contributed by atoms with Gasteiger partial charge in [-0.2, -0.15) is 10.1 Å².